The van der Waals surface area contributed by atoms with E-state index in [-0.39, 0.29) is 17.2 Å². The Hall–Kier alpha value is -2.94. The van der Waals surface area contributed by atoms with Crippen LogP contribution >= 0.6 is 11.8 Å². The van der Waals surface area contributed by atoms with Gasteiger partial charge in [0.2, 0.25) is 5.91 Å². The SMILES string of the molecule is CCn1c(SCC(=O)N2CCN(c3ccc(OC)cc3)CC2)nc2cc(C)[nH]c2c1=O. The summed E-state index contributed by atoms with van der Waals surface area (Å²) in [6.07, 6.45) is 0. The van der Waals surface area contributed by atoms with Gasteiger partial charge >= 0.3 is 0 Å². The van der Waals surface area contributed by atoms with E-state index < -0.39 is 0 Å². The van der Waals surface area contributed by atoms with Gasteiger partial charge in [0.1, 0.15) is 11.3 Å². The van der Waals surface area contributed by atoms with E-state index >= 15 is 0 Å². The van der Waals surface area contributed by atoms with Crippen LogP contribution in [0.5, 0.6) is 5.75 Å². The van der Waals surface area contributed by atoms with Crippen molar-refractivity contribution >= 4 is 34.4 Å². The van der Waals surface area contributed by atoms with Crippen molar-refractivity contribution in [2.24, 2.45) is 0 Å². The average molecular weight is 442 g/mol. The summed E-state index contributed by atoms with van der Waals surface area (Å²) in [5, 5.41) is 0.587. The van der Waals surface area contributed by atoms with E-state index in [9.17, 15) is 9.59 Å². The molecule has 0 unspecified atom stereocenters. The summed E-state index contributed by atoms with van der Waals surface area (Å²) in [6, 6.07) is 9.85. The number of carbonyl (C=O) groups is 1. The molecule has 1 aromatic carbocycles. The summed E-state index contributed by atoms with van der Waals surface area (Å²) < 4.78 is 6.84. The Morgan fingerprint density at radius 3 is 2.55 bits per heavy atom. The molecule has 0 atom stereocenters. The molecule has 4 rings (SSSR count). The van der Waals surface area contributed by atoms with Crippen molar-refractivity contribution in [3.63, 3.8) is 0 Å². The zero-order chi connectivity index (χ0) is 22.0. The number of fused-ring (bicyclic) bond motifs is 1. The molecular weight excluding hydrogens is 414 g/mol. The number of carbonyl (C=O) groups excluding carboxylic acids is 1. The van der Waals surface area contributed by atoms with Gasteiger partial charge in [0.15, 0.2) is 5.16 Å². The molecule has 3 heterocycles. The van der Waals surface area contributed by atoms with Crippen LogP contribution in [0.4, 0.5) is 5.69 Å². The number of thioether (sulfide) groups is 1. The van der Waals surface area contributed by atoms with Gasteiger partial charge in [-0.25, -0.2) is 4.98 Å². The highest BCUT2D eigenvalue weighted by Gasteiger charge is 2.22. The minimum absolute atomic E-state index is 0.0710. The number of ether oxygens (including phenoxy) is 1. The summed E-state index contributed by atoms with van der Waals surface area (Å²) in [4.78, 5) is 37.4. The number of aromatic nitrogens is 3. The van der Waals surface area contributed by atoms with Gasteiger partial charge < -0.3 is 19.5 Å². The highest BCUT2D eigenvalue weighted by Crippen LogP contribution is 2.22. The topological polar surface area (TPSA) is 83.5 Å². The molecule has 0 bridgehead atoms. The van der Waals surface area contributed by atoms with Crippen LogP contribution in [0.15, 0.2) is 40.3 Å². The van der Waals surface area contributed by atoms with Crippen LogP contribution in [0.3, 0.4) is 0 Å². The van der Waals surface area contributed by atoms with Crippen LogP contribution in [0.1, 0.15) is 12.6 Å². The number of anilines is 1. The molecule has 31 heavy (non-hydrogen) atoms. The lowest BCUT2D eigenvalue weighted by atomic mass is 10.2. The van der Waals surface area contributed by atoms with Crippen molar-refractivity contribution in [3.05, 3.63) is 46.4 Å². The zero-order valence-corrected chi connectivity index (χ0v) is 18.9. The largest absolute Gasteiger partial charge is 0.497 e. The predicted molar refractivity (Wildman–Crippen MR) is 123 cm³/mol. The molecule has 1 saturated heterocycles. The third-order valence-electron chi connectivity index (χ3n) is 5.55. The van der Waals surface area contributed by atoms with Crippen LogP contribution < -0.4 is 15.2 Å². The fraction of sp³-hybridized carbons (Fsp3) is 0.409. The number of aryl methyl sites for hydroxylation is 1. The molecule has 1 amide bonds. The molecule has 1 aliphatic heterocycles. The van der Waals surface area contributed by atoms with E-state index in [1.807, 2.05) is 49.1 Å². The summed E-state index contributed by atoms with van der Waals surface area (Å²) in [5.41, 5.74) is 3.10. The number of H-pyrrole nitrogens is 1. The Bertz CT molecular complexity index is 1130. The van der Waals surface area contributed by atoms with Crippen molar-refractivity contribution in [3.8, 4) is 5.75 Å². The van der Waals surface area contributed by atoms with Crippen LogP contribution in [-0.4, -0.2) is 64.4 Å². The maximum atomic E-state index is 12.8. The molecule has 0 aliphatic carbocycles. The summed E-state index contributed by atoms with van der Waals surface area (Å²) in [7, 11) is 1.66. The predicted octanol–water partition coefficient (Wildman–Crippen LogP) is 2.50. The van der Waals surface area contributed by atoms with Crippen LogP contribution in [0.25, 0.3) is 11.0 Å². The number of benzene rings is 1. The summed E-state index contributed by atoms with van der Waals surface area (Å²) in [5.74, 6) is 1.17. The quantitative estimate of drug-likeness (QED) is 0.468. The molecule has 1 N–H and O–H groups in total. The maximum absolute atomic E-state index is 12.8. The van der Waals surface area contributed by atoms with Gasteiger partial charge in [0, 0.05) is 44.1 Å². The highest BCUT2D eigenvalue weighted by molar-refractivity contribution is 7.99. The second-order valence-electron chi connectivity index (χ2n) is 7.51. The van der Waals surface area contributed by atoms with Crippen molar-refractivity contribution in [1.29, 1.82) is 0 Å². The van der Waals surface area contributed by atoms with Gasteiger partial charge in [0.05, 0.1) is 18.4 Å². The number of aromatic amines is 1. The first-order valence-electron chi connectivity index (χ1n) is 10.4. The highest BCUT2D eigenvalue weighted by atomic mass is 32.2. The normalized spacial score (nSPS) is 14.3. The summed E-state index contributed by atoms with van der Waals surface area (Å²) >= 11 is 1.33. The number of rotatable bonds is 6. The number of amides is 1. The van der Waals surface area contributed by atoms with Gasteiger partial charge in [-0.05, 0) is 44.2 Å². The minimum atomic E-state index is -0.0938. The number of hydrogen-bond acceptors (Lipinski definition) is 6. The first-order chi connectivity index (χ1) is 15.0. The average Bonchev–Trinajstić information content (AvgIpc) is 3.18. The van der Waals surface area contributed by atoms with E-state index in [1.165, 1.54) is 11.8 Å². The second kappa shape index (κ2) is 9.05. The lowest BCUT2D eigenvalue weighted by molar-refractivity contribution is -0.128. The third kappa shape index (κ3) is 4.41. The number of hydrogen-bond donors (Lipinski definition) is 1. The smallest absolute Gasteiger partial charge is 0.278 e. The van der Waals surface area contributed by atoms with Gasteiger partial charge in [-0.3, -0.25) is 14.2 Å². The van der Waals surface area contributed by atoms with E-state index in [0.29, 0.717) is 35.8 Å². The fourth-order valence-electron chi connectivity index (χ4n) is 3.82. The number of nitrogens with one attached hydrogen (secondary N) is 1. The molecule has 0 radical (unpaired) electrons. The number of piperazine rings is 1. The second-order valence-corrected chi connectivity index (χ2v) is 8.45. The third-order valence-corrected chi connectivity index (χ3v) is 6.51. The van der Waals surface area contributed by atoms with Gasteiger partial charge in [-0.15, -0.1) is 0 Å². The van der Waals surface area contributed by atoms with E-state index in [1.54, 1.807) is 11.7 Å². The molecule has 0 spiro atoms. The monoisotopic (exact) mass is 441 g/mol. The molecule has 1 aliphatic rings. The molecule has 9 heteroatoms. The van der Waals surface area contributed by atoms with E-state index in [4.69, 9.17) is 4.74 Å². The first kappa shape index (κ1) is 21.3. The Morgan fingerprint density at radius 2 is 1.90 bits per heavy atom. The maximum Gasteiger partial charge on any atom is 0.278 e. The van der Waals surface area contributed by atoms with Gasteiger partial charge in [0.25, 0.3) is 5.56 Å². The van der Waals surface area contributed by atoms with Crippen LogP contribution in [0, 0.1) is 6.92 Å². The molecule has 164 valence electrons. The van der Waals surface area contributed by atoms with Crippen LogP contribution in [-0.2, 0) is 11.3 Å². The molecule has 3 aromatic rings. The molecule has 8 nitrogen and oxygen atoms in total. The molecular formula is C22H27N5O3S. The Kier molecular flexibility index (Phi) is 6.22. The standard InChI is InChI=1S/C22H27N5O3S/c1-4-27-21(29)20-18(13-15(2)23-20)24-22(27)31-14-19(28)26-11-9-25(10-12-26)16-5-7-17(30-3)8-6-16/h5-8,13,23H,4,9-12,14H2,1-3H3. The Morgan fingerprint density at radius 1 is 1.19 bits per heavy atom. The summed E-state index contributed by atoms with van der Waals surface area (Å²) in [6.45, 7) is 7.25. The van der Waals surface area contributed by atoms with Gasteiger partial charge in [-0.1, -0.05) is 11.8 Å². The minimum Gasteiger partial charge on any atom is -0.497 e. The molecule has 0 saturated carbocycles. The Balaban J connectivity index is 1.38. The molecule has 2 aromatic heterocycles. The number of nitrogens with zero attached hydrogens (tertiary/aromatic N) is 4. The van der Waals surface area contributed by atoms with Crippen molar-refractivity contribution in [1.82, 2.24) is 19.4 Å². The number of methoxy groups -OCH3 is 1. The fourth-order valence-corrected chi connectivity index (χ4v) is 4.79. The van der Waals surface area contributed by atoms with Crippen LogP contribution in [0.2, 0.25) is 0 Å². The van der Waals surface area contributed by atoms with Crippen molar-refractivity contribution < 1.29 is 9.53 Å². The van der Waals surface area contributed by atoms with Crippen molar-refractivity contribution in [2.45, 2.75) is 25.5 Å². The lowest BCUT2D eigenvalue weighted by Gasteiger charge is -2.36. The molecule has 1 fully saturated rings. The van der Waals surface area contributed by atoms with Gasteiger partial charge in [-0.2, -0.15) is 0 Å². The first-order valence-corrected chi connectivity index (χ1v) is 11.4. The zero-order valence-electron chi connectivity index (χ0n) is 18.1. The van der Waals surface area contributed by atoms with E-state index in [0.717, 1.165) is 30.2 Å². The van der Waals surface area contributed by atoms with E-state index in [2.05, 4.69) is 14.9 Å². The lowest BCUT2D eigenvalue weighted by Crippen LogP contribution is -2.49. The van der Waals surface area contributed by atoms with Crippen molar-refractivity contribution in [2.75, 3.05) is 43.9 Å². The Labute approximate surface area is 185 Å².